The van der Waals surface area contributed by atoms with E-state index in [0.29, 0.717) is 6.04 Å². The summed E-state index contributed by atoms with van der Waals surface area (Å²) in [7, 11) is 0. The first-order valence-corrected chi connectivity index (χ1v) is 8.17. The van der Waals surface area contributed by atoms with Gasteiger partial charge in [0.05, 0.1) is 18.3 Å². The van der Waals surface area contributed by atoms with Crippen LogP contribution in [0.25, 0.3) is 0 Å². The SMILES string of the molecule is CCCCCCC(C)OC(C)CC(C)(C#N)NC(C)C. The molecule has 0 saturated carbocycles. The van der Waals surface area contributed by atoms with E-state index in [2.05, 4.69) is 46.0 Å². The molecule has 3 heteroatoms. The fourth-order valence-electron chi connectivity index (χ4n) is 2.72. The lowest BCUT2D eigenvalue weighted by Crippen LogP contribution is -2.47. The first-order valence-electron chi connectivity index (χ1n) is 8.17. The molecule has 0 aromatic rings. The molecule has 0 aliphatic heterocycles. The van der Waals surface area contributed by atoms with Crippen molar-refractivity contribution in [1.29, 1.82) is 5.26 Å². The van der Waals surface area contributed by atoms with Crippen LogP contribution in [0, 0.1) is 11.3 Å². The number of hydrogen-bond donors (Lipinski definition) is 1. The molecule has 0 fully saturated rings. The second-order valence-corrected chi connectivity index (χ2v) is 6.55. The van der Waals surface area contributed by atoms with Crippen LogP contribution in [0.2, 0.25) is 0 Å². The van der Waals surface area contributed by atoms with Crippen LogP contribution in [0.3, 0.4) is 0 Å². The maximum atomic E-state index is 9.35. The lowest BCUT2D eigenvalue weighted by Gasteiger charge is -2.30. The number of nitrogens with zero attached hydrogens (tertiary/aromatic N) is 1. The number of rotatable bonds is 11. The number of nitriles is 1. The first-order chi connectivity index (χ1) is 9.33. The maximum Gasteiger partial charge on any atom is 0.106 e. The average molecular weight is 282 g/mol. The van der Waals surface area contributed by atoms with Crippen molar-refractivity contribution in [2.24, 2.45) is 0 Å². The highest BCUT2D eigenvalue weighted by molar-refractivity contribution is 5.05. The summed E-state index contributed by atoms with van der Waals surface area (Å²) in [5.74, 6) is 0. The summed E-state index contributed by atoms with van der Waals surface area (Å²) < 4.78 is 6.02. The third-order valence-electron chi connectivity index (χ3n) is 3.48. The predicted molar refractivity (Wildman–Crippen MR) is 85.7 cm³/mol. The smallest absolute Gasteiger partial charge is 0.106 e. The van der Waals surface area contributed by atoms with Gasteiger partial charge in [-0.3, -0.25) is 5.32 Å². The molecule has 0 spiro atoms. The van der Waals surface area contributed by atoms with Gasteiger partial charge in [-0.1, -0.05) is 32.6 Å². The second kappa shape index (κ2) is 10.2. The Morgan fingerprint density at radius 2 is 1.75 bits per heavy atom. The lowest BCUT2D eigenvalue weighted by atomic mass is 9.95. The van der Waals surface area contributed by atoms with E-state index in [1.807, 2.05) is 6.92 Å². The van der Waals surface area contributed by atoms with Crippen LogP contribution >= 0.6 is 0 Å². The molecule has 0 aromatic carbocycles. The number of ether oxygens (including phenoxy) is 1. The Morgan fingerprint density at radius 1 is 1.10 bits per heavy atom. The monoisotopic (exact) mass is 282 g/mol. The largest absolute Gasteiger partial charge is 0.375 e. The molecule has 0 aliphatic rings. The summed E-state index contributed by atoms with van der Waals surface area (Å²) in [5, 5.41) is 12.7. The summed E-state index contributed by atoms with van der Waals surface area (Å²) in [6, 6.07) is 2.69. The number of hydrogen-bond acceptors (Lipinski definition) is 3. The van der Waals surface area contributed by atoms with Gasteiger partial charge in [-0.15, -0.1) is 0 Å². The zero-order valence-electron chi connectivity index (χ0n) is 14.3. The molecule has 0 radical (unpaired) electrons. The highest BCUT2D eigenvalue weighted by Crippen LogP contribution is 2.17. The van der Waals surface area contributed by atoms with Crippen molar-refractivity contribution in [3.63, 3.8) is 0 Å². The minimum Gasteiger partial charge on any atom is -0.375 e. The third kappa shape index (κ3) is 9.34. The van der Waals surface area contributed by atoms with Gasteiger partial charge in [0, 0.05) is 12.5 Å². The summed E-state index contributed by atoms with van der Waals surface area (Å²) in [6.45, 7) is 12.5. The predicted octanol–water partition coefficient (Wildman–Crippen LogP) is 4.42. The molecule has 0 aromatic heterocycles. The van der Waals surface area contributed by atoms with Crippen molar-refractivity contribution >= 4 is 0 Å². The fourth-order valence-corrected chi connectivity index (χ4v) is 2.72. The number of nitrogens with one attached hydrogen (secondary N) is 1. The summed E-state index contributed by atoms with van der Waals surface area (Å²) in [4.78, 5) is 0. The molecule has 20 heavy (non-hydrogen) atoms. The molecule has 0 amide bonds. The van der Waals surface area contributed by atoms with Crippen molar-refractivity contribution < 1.29 is 4.74 Å². The molecule has 0 bridgehead atoms. The minimum absolute atomic E-state index is 0.104. The van der Waals surface area contributed by atoms with Gasteiger partial charge in [0.1, 0.15) is 5.54 Å². The Balaban J connectivity index is 4.07. The Kier molecular flexibility index (Phi) is 9.88. The van der Waals surface area contributed by atoms with E-state index in [1.165, 1.54) is 25.7 Å². The van der Waals surface area contributed by atoms with Crippen molar-refractivity contribution in [2.75, 3.05) is 0 Å². The molecule has 1 N–H and O–H groups in total. The van der Waals surface area contributed by atoms with Crippen LogP contribution in [-0.2, 0) is 4.74 Å². The van der Waals surface area contributed by atoms with Crippen LogP contribution in [0.15, 0.2) is 0 Å². The van der Waals surface area contributed by atoms with Crippen LogP contribution in [0.1, 0.15) is 80.1 Å². The maximum absolute atomic E-state index is 9.35. The lowest BCUT2D eigenvalue weighted by molar-refractivity contribution is -0.0100. The van der Waals surface area contributed by atoms with Gasteiger partial charge in [0.15, 0.2) is 0 Å². The Bertz CT molecular complexity index is 285. The molecule has 0 saturated heterocycles. The Hall–Kier alpha value is -0.590. The molecule has 118 valence electrons. The topological polar surface area (TPSA) is 45.0 Å². The van der Waals surface area contributed by atoms with Crippen LogP contribution in [0.5, 0.6) is 0 Å². The van der Waals surface area contributed by atoms with Gasteiger partial charge in [-0.2, -0.15) is 5.26 Å². The van der Waals surface area contributed by atoms with Gasteiger partial charge in [0.2, 0.25) is 0 Å². The average Bonchev–Trinajstić information content (AvgIpc) is 2.33. The standard InChI is InChI=1S/C17H34N2O/c1-7-8-9-10-11-15(4)20-16(5)12-17(6,13-18)19-14(2)3/h14-16,19H,7-12H2,1-6H3. The van der Waals surface area contributed by atoms with E-state index in [4.69, 9.17) is 4.74 Å². The molecule has 0 heterocycles. The molecular formula is C17H34N2O. The van der Waals surface area contributed by atoms with Gasteiger partial charge >= 0.3 is 0 Å². The van der Waals surface area contributed by atoms with E-state index < -0.39 is 5.54 Å². The van der Waals surface area contributed by atoms with Crippen molar-refractivity contribution in [3.8, 4) is 6.07 Å². The van der Waals surface area contributed by atoms with Gasteiger partial charge in [0.25, 0.3) is 0 Å². The van der Waals surface area contributed by atoms with E-state index >= 15 is 0 Å². The zero-order chi connectivity index (χ0) is 15.6. The van der Waals surface area contributed by atoms with E-state index in [0.717, 1.165) is 12.8 Å². The van der Waals surface area contributed by atoms with Gasteiger partial charge in [-0.25, -0.2) is 0 Å². The normalized spacial score (nSPS) is 17.5. The zero-order valence-corrected chi connectivity index (χ0v) is 14.3. The summed E-state index contributed by atoms with van der Waals surface area (Å²) in [6.07, 6.45) is 7.34. The van der Waals surface area contributed by atoms with E-state index in [1.54, 1.807) is 0 Å². The molecule has 0 rings (SSSR count). The van der Waals surface area contributed by atoms with E-state index in [-0.39, 0.29) is 12.2 Å². The molecular weight excluding hydrogens is 248 g/mol. The highest BCUT2D eigenvalue weighted by Gasteiger charge is 2.27. The fraction of sp³-hybridized carbons (Fsp3) is 0.941. The Morgan fingerprint density at radius 3 is 2.25 bits per heavy atom. The van der Waals surface area contributed by atoms with Crippen LogP contribution in [-0.4, -0.2) is 23.8 Å². The third-order valence-corrected chi connectivity index (χ3v) is 3.48. The second-order valence-electron chi connectivity index (χ2n) is 6.55. The molecule has 3 unspecified atom stereocenters. The Labute approximate surface area is 126 Å². The summed E-state index contributed by atoms with van der Waals surface area (Å²) >= 11 is 0. The molecule has 3 atom stereocenters. The van der Waals surface area contributed by atoms with Gasteiger partial charge < -0.3 is 4.74 Å². The highest BCUT2D eigenvalue weighted by atomic mass is 16.5. The number of unbranched alkanes of at least 4 members (excludes halogenated alkanes) is 3. The van der Waals surface area contributed by atoms with Crippen molar-refractivity contribution in [2.45, 2.75) is 104 Å². The molecule has 0 aliphatic carbocycles. The van der Waals surface area contributed by atoms with Crippen molar-refractivity contribution in [3.05, 3.63) is 0 Å². The molecule has 3 nitrogen and oxygen atoms in total. The first kappa shape index (κ1) is 19.4. The van der Waals surface area contributed by atoms with Crippen LogP contribution < -0.4 is 5.32 Å². The van der Waals surface area contributed by atoms with Gasteiger partial charge in [-0.05, 0) is 41.0 Å². The van der Waals surface area contributed by atoms with Crippen molar-refractivity contribution in [1.82, 2.24) is 5.32 Å². The summed E-state index contributed by atoms with van der Waals surface area (Å²) in [5.41, 5.74) is -0.504. The quantitative estimate of drug-likeness (QED) is 0.570. The van der Waals surface area contributed by atoms with Crippen LogP contribution in [0.4, 0.5) is 0 Å². The minimum atomic E-state index is -0.504. The van der Waals surface area contributed by atoms with E-state index in [9.17, 15) is 5.26 Å².